The zero-order valence-corrected chi connectivity index (χ0v) is 16.7. The Labute approximate surface area is 171 Å². The molecule has 0 radical (unpaired) electrons. The number of carbonyl (C=O) groups excluding carboxylic acids is 3. The SMILES string of the molecule is CCOc1cc(/C=C2\SC(=O)N(c3ccc(Cl)cc3)C2=O)ccc1OC(C)=O. The molecule has 0 bridgehead atoms. The maximum atomic E-state index is 12.7. The van der Waals surface area contributed by atoms with Crippen LogP contribution in [-0.4, -0.2) is 23.7 Å². The van der Waals surface area contributed by atoms with Crippen molar-refractivity contribution in [3.63, 3.8) is 0 Å². The monoisotopic (exact) mass is 417 g/mol. The van der Waals surface area contributed by atoms with E-state index >= 15 is 0 Å². The van der Waals surface area contributed by atoms with E-state index in [2.05, 4.69) is 0 Å². The quantitative estimate of drug-likeness (QED) is 0.391. The minimum absolute atomic E-state index is 0.280. The van der Waals surface area contributed by atoms with Crippen molar-refractivity contribution >= 4 is 52.2 Å². The molecule has 0 unspecified atom stereocenters. The summed E-state index contributed by atoms with van der Waals surface area (Å²) in [5.74, 6) is -0.207. The van der Waals surface area contributed by atoms with Crippen LogP contribution in [0.25, 0.3) is 6.08 Å². The third-order valence-corrected chi connectivity index (χ3v) is 4.82. The van der Waals surface area contributed by atoms with Gasteiger partial charge in [-0.05, 0) is 66.7 Å². The first-order valence-corrected chi connectivity index (χ1v) is 9.57. The number of amides is 2. The summed E-state index contributed by atoms with van der Waals surface area (Å²) in [5, 5.41) is 0.128. The largest absolute Gasteiger partial charge is 0.490 e. The first-order valence-electron chi connectivity index (χ1n) is 8.38. The maximum Gasteiger partial charge on any atom is 0.308 e. The normalized spacial score (nSPS) is 15.2. The van der Waals surface area contributed by atoms with Crippen molar-refractivity contribution in [3.8, 4) is 11.5 Å². The molecule has 0 atom stereocenters. The molecule has 6 nitrogen and oxygen atoms in total. The van der Waals surface area contributed by atoms with Gasteiger partial charge in [-0.3, -0.25) is 14.4 Å². The van der Waals surface area contributed by atoms with E-state index in [1.807, 2.05) is 6.92 Å². The van der Waals surface area contributed by atoms with Crippen molar-refractivity contribution in [2.24, 2.45) is 0 Å². The van der Waals surface area contributed by atoms with Gasteiger partial charge in [0.2, 0.25) is 0 Å². The van der Waals surface area contributed by atoms with Gasteiger partial charge in [0.1, 0.15) is 0 Å². The molecule has 2 aromatic rings. The number of halogens is 1. The summed E-state index contributed by atoms with van der Waals surface area (Å²) in [4.78, 5) is 37.6. The molecule has 1 aliphatic rings. The lowest BCUT2D eigenvalue weighted by Crippen LogP contribution is -2.27. The summed E-state index contributed by atoms with van der Waals surface area (Å²) in [6.07, 6.45) is 1.60. The van der Waals surface area contributed by atoms with E-state index < -0.39 is 11.9 Å². The summed E-state index contributed by atoms with van der Waals surface area (Å²) < 4.78 is 10.6. The van der Waals surface area contributed by atoms with Crippen LogP contribution in [0.1, 0.15) is 19.4 Å². The molecule has 2 aromatic carbocycles. The molecule has 8 heteroatoms. The lowest BCUT2D eigenvalue weighted by atomic mass is 10.1. The fourth-order valence-electron chi connectivity index (χ4n) is 2.55. The molecule has 1 fully saturated rings. The van der Waals surface area contributed by atoms with E-state index in [0.29, 0.717) is 34.4 Å². The molecule has 0 saturated carbocycles. The third-order valence-electron chi connectivity index (χ3n) is 3.70. The molecule has 1 saturated heterocycles. The lowest BCUT2D eigenvalue weighted by molar-refractivity contribution is -0.132. The highest BCUT2D eigenvalue weighted by Crippen LogP contribution is 2.37. The standard InChI is InChI=1S/C20H16ClNO5S/c1-3-26-17-10-13(4-9-16(17)27-12(2)23)11-18-19(24)22(20(25)28-18)15-7-5-14(21)6-8-15/h4-11H,3H2,1-2H3/b18-11-. The van der Waals surface area contributed by atoms with Crippen LogP contribution < -0.4 is 14.4 Å². The summed E-state index contributed by atoms with van der Waals surface area (Å²) in [6.45, 7) is 3.49. The number of nitrogens with zero attached hydrogens (tertiary/aromatic N) is 1. The number of imide groups is 1. The Balaban J connectivity index is 1.90. The molecule has 1 heterocycles. The van der Waals surface area contributed by atoms with E-state index in [4.69, 9.17) is 21.1 Å². The summed E-state index contributed by atoms with van der Waals surface area (Å²) in [7, 11) is 0. The van der Waals surface area contributed by atoms with Gasteiger partial charge in [-0.25, -0.2) is 4.90 Å². The van der Waals surface area contributed by atoms with Crippen LogP contribution in [0.2, 0.25) is 5.02 Å². The number of hydrogen-bond acceptors (Lipinski definition) is 6. The van der Waals surface area contributed by atoms with Crippen LogP contribution in [0.3, 0.4) is 0 Å². The van der Waals surface area contributed by atoms with Gasteiger partial charge in [0.15, 0.2) is 11.5 Å². The van der Waals surface area contributed by atoms with Crippen LogP contribution in [0, 0.1) is 0 Å². The number of thioether (sulfide) groups is 1. The molecular formula is C20H16ClNO5S. The van der Waals surface area contributed by atoms with Gasteiger partial charge < -0.3 is 9.47 Å². The second-order valence-electron chi connectivity index (χ2n) is 5.73. The van der Waals surface area contributed by atoms with Crippen molar-refractivity contribution in [3.05, 3.63) is 58.0 Å². The molecule has 144 valence electrons. The number of rotatable bonds is 5. The Morgan fingerprint density at radius 2 is 1.86 bits per heavy atom. The second kappa shape index (κ2) is 8.50. The third kappa shape index (κ3) is 4.37. The van der Waals surface area contributed by atoms with Gasteiger partial charge in [0, 0.05) is 11.9 Å². The maximum absolute atomic E-state index is 12.7. The molecule has 0 aromatic heterocycles. The van der Waals surface area contributed by atoms with E-state index in [9.17, 15) is 14.4 Å². The van der Waals surface area contributed by atoms with E-state index in [1.54, 1.807) is 48.5 Å². The van der Waals surface area contributed by atoms with Crippen LogP contribution in [-0.2, 0) is 9.59 Å². The average Bonchev–Trinajstić information content (AvgIpc) is 2.91. The van der Waals surface area contributed by atoms with Crippen LogP contribution >= 0.6 is 23.4 Å². The minimum Gasteiger partial charge on any atom is -0.490 e. The van der Waals surface area contributed by atoms with Gasteiger partial charge in [-0.15, -0.1) is 0 Å². The molecule has 1 aliphatic heterocycles. The minimum atomic E-state index is -0.460. The lowest BCUT2D eigenvalue weighted by Gasteiger charge is -2.12. The van der Waals surface area contributed by atoms with Gasteiger partial charge in [-0.1, -0.05) is 17.7 Å². The van der Waals surface area contributed by atoms with Crippen molar-refractivity contribution in [2.45, 2.75) is 13.8 Å². The van der Waals surface area contributed by atoms with E-state index in [-0.39, 0.29) is 10.1 Å². The number of anilines is 1. The first kappa shape index (κ1) is 20.0. The second-order valence-corrected chi connectivity index (χ2v) is 7.16. The number of hydrogen-bond donors (Lipinski definition) is 0. The Morgan fingerprint density at radius 1 is 1.14 bits per heavy atom. The van der Waals surface area contributed by atoms with E-state index in [0.717, 1.165) is 16.7 Å². The van der Waals surface area contributed by atoms with Crippen molar-refractivity contribution in [1.29, 1.82) is 0 Å². The van der Waals surface area contributed by atoms with Gasteiger partial charge >= 0.3 is 5.97 Å². The van der Waals surface area contributed by atoms with Crippen LogP contribution in [0.5, 0.6) is 11.5 Å². The fourth-order valence-corrected chi connectivity index (χ4v) is 3.52. The summed E-state index contributed by atoms with van der Waals surface area (Å²) >= 11 is 6.71. The zero-order chi connectivity index (χ0) is 20.3. The van der Waals surface area contributed by atoms with E-state index in [1.165, 1.54) is 6.92 Å². The average molecular weight is 418 g/mol. The zero-order valence-electron chi connectivity index (χ0n) is 15.1. The van der Waals surface area contributed by atoms with Crippen LogP contribution in [0.15, 0.2) is 47.4 Å². The number of ether oxygens (including phenoxy) is 2. The van der Waals surface area contributed by atoms with Crippen molar-refractivity contribution < 1.29 is 23.9 Å². The van der Waals surface area contributed by atoms with Gasteiger partial charge in [0.05, 0.1) is 17.2 Å². The number of benzene rings is 2. The summed E-state index contributed by atoms with van der Waals surface area (Å²) in [5.41, 5.74) is 1.09. The number of carbonyl (C=O) groups is 3. The molecule has 28 heavy (non-hydrogen) atoms. The molecule has 3 rings (SSSR count). The van der Waals surface area contributed by atoms with Crippen molar-refractivity contribution in [1.82, 2.24) is 0 Å². The molecule has 2 amide bonds. The topological polar surface area (TPSA) is 72.9 Å². The van der Waals surface area contributed by atoms with Crippen molar-refractivity contribution in [2.75, 3.05) is 11.5 Å². The first-order chi connectivity index (χ1) is 13.4. The summed E-state index contributed by atoms with van der Waals surface area (Å²) in [6, 6.07) is 11.4. The van der Waals surface area contributed by atoms with Crippen LogP contribution in [0.4, 0.5) is 10.5 Å². The van der Waals surface area contributed by atoms with Gasteiger partial charge in [0.25, 0.3) is 11.1 Å². The smallest absolute Gasteiger partial charge is 0.308 e. The van der Waals surface area contributed by atoms with Gasteiger partial charge in [-0.2, -0.15) is 0 Å². The predicted octanol–water partition coefficient (Wildman–Crippen LogP) is 4.90. The number of esters is 1. The highest BCUT2D eigenvalue weighted by Gasteiger charge is 2.36. The highest BCUT2D eigenvalue weighted by atomic mass is 35.5. The predicted molar refractivity (Wildman–Crippen MR) is 109 cm³/mol. The molecular weight excluding hydrogens is 402 g/mol. The Hall–Kier alpha value is -2.77. The Bertz CT molecular complexity index is 971. The molecule has 0 spiro atoms. The highest BCUT2D eigenvalue weighted by molar-refractivity contribution is 8.19. The fraction of sp³-hybridized carbons (Fsp3) is 0.150. The molecule has 0 N–H and O–H groups in total. The molecule has 0 aliphatic carbocycles. The Kier molecular flexibility index (Phi) is 6.06. The Morgan fingerprint density at radius 3 is 2.50 bits per heavy atom.